The summed E-state index contributed by atoms with van der Waals surface area (Å²) >= 11 is 0. The molecule has 2 aliphatic rings. The highest BCUT2D eigenvalue weighted by Crippen LogP contribution is 2.41. The van der Waals surface area contributed by atoms with Crippen molar-refractivity contribution in [3.05, 3.63) is 63.7 Å². The molecule has 31 heavy (non-hydrogen) atoms. The number of ether oxygens (including phenoxy) is 1. The molecule has 0 unspecified atom stereocenters. The van der Waals surface area contributed by atoms with E-state index < -0.39 is 10.3 Å². The lowest BCUT2D eigenvalue weighted by Crippen LogP contribution is -2.42. The monoisotopic (exact) mass is 422 g/mol. The maximum absolute atomic E-state index is 13.5. The van der Waals surface area contributed by atoms with Gasteiger partial charge in [0.15, 0.2) is 0 Å². The van der Waals surface area contributed by atoms with Crippen LogP contribution in [0.25, 0.3) is 0 Å². The number of nitro groups is 1. The van der Waals surface area contributed by atoms with Crippen LogP contribution in [0.15, 0.2) is 42.5 Å². The molecule has 0 radical (unpaired) electrons. The fourth-order valence-corrected chi connectivity index (χ4v) is 5.00. The highest BCUT2D eigenvalue weighted by atomic mass is 16.6. The minimum absolute atomic E-state index is 0.0371. The second kappa shape index (κ2) is 9.08. The number of carbonyl (C=O) groups is 1. The molecule has 6 nitrogen and oxygen atoms in total. The summed E-state index contributed by atoms with van der Waals surface area (Å²) in [5.41, 5.74) is 2.02. The van der Waals surface area contributed by atoms with Gasteiger partial charge in [-0.25, -0.2) is 0 Å². The predicted octanol–water partition coefficient (Wildman–Crippen LogP) is 6.07. The first-order valence-corrected chi connectivity index (χ1v) is 11.3. The third kappa shape index (κ3) is 4.58. The van der Waals surface area contributed by atoms with Gasteiger partial charge in [-0.2, -0.15) is 0 Å². The molecular formula is C25H30N2O4. The fourth-order valence-electron chi connectivity index (χ4n) is 5.00. The average molecular weight is 423 g/mol. The smallest absolute Gasteiger partial charge is 0.269 e. The second-order valence-corrected chi connectivity index (χ2v) is 8.91. The summed E-state index contributed by atoms with van der Waals surface area (Å²) in [7, 11) is 0. The number of nitro benzene ring substituents is 1. The number of amides is 1. The molecule has 0 bridgehead atoms. The highest BCUT2D eigenvalue weighted by Gasteiger charge is 2.41. The lowest BCUT2D eigenvalue weighted by molar-refractivity contribution is -0.384. The number of nitrogens with one attached hydrogen (secondary N) is 1. The van der Waals surface area contributed by atoms with Gasteiger partial charge < -0.3 is 10.1 Å². The zero-order valence-corrected chi connectivity index (χ0v) is 18.1. The maximum Gasteiger partial charge on any atom is 0.269 e. The van der Waals surface area contributed by atoms with Crippen LogP contribution in [0.1, 0.15) is 68.9 Å². The molecule has 2 saturated carbocycles. The van der Waals surface area contributed by atoms with Crippen molar-refractivity contribution in [3.63, 3.8) is 0 Å². The zero-order valence-electron chi connectivity index (χ0n) is 18.1. The van der Waals surface area contributed by atoms with Crippen molar-refractivity contribution in [2.24, 2.45) is 0 Å². The predicted molar refractivity (Wildman–Crippen MR) is 121 cm³/mol. The van der Waals surface area contributed by atoms with Crippen molar-refractivity contribution in [1.29, 1.82) is 0 Å². The summed E-state index contributed by atoms with van der Waals surface area (Å²) in [6.07, 6.45) is 9.50. The molecule has 6 heteroatoms. The quantitative estimate of drug-likeness (QED) is 0.453. The van der Waals surface area contributed by atoms with E-state index in [9.17, 15) is 14.9 Å². The van der Waals surface area contributed by atoms with E-state index in [-0.39, 0.29) is 11.6 Å². The minimum atomic E-state index is -0.652. The molecule has 1 amide bonds. The van der Waals surface area contributed by atoms with Crippen LogP contribution in [-0.4, -0.2) is 16.9 Å². The normalized spacial score (nSPS) is 18.5. The fraction of sp³-hybridized carbons (Fsp3) is 0.480. The molecule has 0 aliphatic heterocycles. The molecule has 2 aromatic rings. The Bertz CT molecular complexity index is 942. The Labute approximate surface area is 183 Å². The van der Waals surface area contributed by atoms with Crippen molar-refractivity contribution >= 4 is 17.3 Å². The Morgan fingerprint density at radius 1 is 1.03 bits per heavy atom. The standard InChI is InChI=1S/C25H30N2O4/c1-18-17-20(11-14-23(18)31-22-7-3-4-8-22)26-24(28)25(15-5-2-6-16-25)19-9-12-21(13-10-19)27(29)30/h9-14,17,22H,2-8,15-16H2,1H3,(H,26,28). The number of carbonyl (C=O) groups excluding carboxylic acids is 1. The first kappa shape index (κ1) is 21.3. The molecule has 4 rings (SSSR count). The van der Waals surface area contributed by atoms with Gasteiger partial charge in [0.2, 0.25) is 5.91 Å². The molecule has 164 valence electrons. The largest absolute Gasteiger partial charge is 0.490 e. The Balaban J connectivity index is 1.53. The third-order valence-electron chi connectivity index (χ3n) is 6.80. The van der Waals surface area contributed by atoms with Gasteiger partial charge in [0.25, 0.3) is 5.69 Å². The second-order valence-electron chi connectivity index (χ2n) is 8.91. The highest BCUT2D eigenvalue weighted by molar-refractivity contribution is 5.99. The van der Waals surface area contributed by atoms with E-state index in [0.29, 0.717) is 6.10 Å². The molecule has 2 aromatic carbocycles. The van der Waals surface area contributed by atoms with Crippen LogP contribution in [0.2, 0.25) is 0 Å². The van der Waals surface area contributed by atoms with E-state index in [4.69, 9.17) is 4.74 Å². The van der Waals surface area contributed by atoms with Gasteiger partial charge in [-0.15, -0.1) is 0 Å². The number of hydrogen-bond acceptors (Lipinski definition) is 4. The van der Waals surface area contributed by atoms with Gasteiger partial charge in [-0.1, -0.05) is 31.4 Å². The first-order valence-electron chi connectivity index (χ1n) is 11.3. The number of rotatable bonds is 6. The molecular weight excluding hydrogens is 392 g/mol. The summed E-state index contributed by atoms with van der Waals surface area (Å²) < 4.78 is 6.13. The summed E-state index contributed by atoms with van der Waals surface area (Å²) in [6, 6.07) is 12.3. The topological polar surface area (TPSA) is 81.5 Å². The zero-order chi connectivity index (χ0) is 21.8. The van der Waals surface area contributed by atoms with Crippen LogP contribution in [0.5, 0.6) is 5.75 Å². The average Bonchev–Trinajstić information content (AvgIpc) is 3.29. The van der Waals surface area contributed by atoms with Gasteiger partial charge in [0.05, 0.1) is 16.4 Å². The van der Waals surface area contributed by atoms with Gasteiger partial charge in [0.1, 0.15) is 5.75 Å². The molecule has 2 fully saturated rings. The van der Waals surface area contributed by atoms with Crippen LogP contribution in [0, 0.1) is 17.0 Å². The van der Waals surface area contributed by atoms with Gasteiger partial charge >= 0.3 is 0 Å². The summed E-state index contributed by atoms with van der Waals surface area (Å²) in [5.74, 6) is 0.845. The Morgan fingerprint density at radius 2 is 1.71 bits per heavy atom. The van der Waals surface area contributed by atoms with Crippen LogP contribution in [-0.2, 0) is 10.2 Å². The molecule has 1 N–H and O–H groups in total. The Hall–Kier alpha value is -2.89. The van der Waals surface area contributed by atoms with Crippen LogP contribution in [0.3, 0.4) is 0 Å². The van der Waals surface area contributed by atoms with Crippen LogP contribution >= 0.6 is 0 Å². The maximum atomic E-state index is 13.5. The molecule has 0 spiro atoms. The number of nitrogens with zero attached hydrogens (tertiary/aromatic N) is 1. The number of hydrogen-bond donors (Lipinski definition) is 1. The number of non-ortho nitro benzene ring substituents is 1. The molecule has 0 saturated heterocycles. The van der Waals surface area contributed by atoms with Crippen molar-refractivity contribution in [2.75, 3.05) is 5.32 Å². The van der Waals surface area contributed by atoms with Crippen molar-refractivity contribution in [1.82, 2.24) is 0 Å². The van der Waals surface area contributed by atoms with E-state index in [2.05, 4.69) is 5.32 Å². The van der Waals surface area contributed by atoms with Gasteiger partial charge in [0, 0.05) is 17.8 Å². The Morgan fingerprint density at radius 3 is 2.32 bits per heavy atom. The van der Waals surface area contributed by atoms with Crippen molar-refractivity contribution < 1.29 is 14.5 Å². The molecule has 0 atom stereocenters. The summed E-state index contributed by atoms with van der Waals surface area (Å²) in [4.78, 5) is 24.1. The van der Waals surface area contributed by atoms with Crippen molar-refractivity contribution in [3.8, 4) is 5.75 Å². The lowest BCUT2D eigenvalue weighted by atomic mass is 9.68. The summed E-state index contributed by atoms with van der Waals surface area (Å²) in [5, 5.41) is 14.1. The number of aryl methyl sites for hydroxylation is 1. The minimum Gasteiger partial charge on any atom is -0.490 e. The molecule has 0 heterocycles. The molecule has 0 aromatic heterocycles. The van der Waals surface area contributed by atoms with Gasteiger partial charge in [-0.05, 0) is 74.8 Å². The number of benzene rings is 2. The van der Waals surface area contributed by atoms with Crippen LogP contribution < -0.4 is 10.1 Å². The van der Waals surface area contributed by atoms with E-state index in [1.807, 2.05) is 25.1 Å². The van der Waals surface area contributed by atoms with E-state index in [1.165, 1.54) is 25.0 Å². The summed E-state index contributed by atoms with van der Waals surface area (Å²) in [6.45, 7) is 2.01. The van der Waals surface area contributed by atoms with Gasteiger partial charge in [-0.3, -0.25) is 14.9 Å². The van der Waals surface area contributed by atoms with Crippen molar-refractivity contribution in [2.45, 2.75) is 76.2 Å². The van der Waals surface area contributed by atoms with Crippen LogP contribution in [0.4, 0.5) is 11.4 Å². The number of anilines is 1. The van der Waals surface area contributed by atoms with E-state index >= 15 is 0 Å². The molecule has 2 aliphatic carbocycles. The lowest BCUT2D eigenvalue weighted by Gasteiger charge is -2.36. The van der Waals surface area contributed by atoms with E-state index in [1.54, 1.807) is 12.1 Å². The first-order chi connectivity index (χ1) is 15.0. The third-order valence-corrected chi connectivity index (χ3v) is 6.80. The Kier molecular flexibility index (Phi) is 6.25. The van der Waals surface area contributed by atoms with E-state index in [0.717, 1.165) is 67.5 Å². The SMILES string of the molecule is Cc1cc(NC(=O)C2(c3ccc([N+](=O)[O-])cc3)CCCCC2)ccc1OC1CCCC1.